The molecule has 0 aliphatic carbocycles. The van der Waals surface area contributed by atoms with Crippen LogP contribution < -0.4 is 4.74 Å². The summed E-state index contributed by atoms with van der Waals surface area (Å²) in [4.78, 5) is 84.5. The van der Waals surface area contributed by atoms with Gasteiger partial charge in [0.05, 0.1) is 11.1 Å². The van der Waals surface area contributed by atoms with E-state index in [9.17, 15) is 43.8 Å². The number of hydrogen-bond donors (Lipinski definition) is 2. The molecule has 278 valence electrons. The molecule has 0 saturated heterocycles. The van der Waals surface area contributed by atoms with Crippen molar-refractivity contribution >= 4 is 41.8 Å². The number of esters is 7. The van der Waals surface area contributed by atoms with Crippen LogP contribution in [0, 0.1) is 0 Å². The van der Waals surface area contributed by atoms with Crippen LogP contribution in [-0.4, -0.2) is 72.4 Å². The molecule has 2 aliphatic rings. The topological polar surface area (TPSA) is 234 Å². The second kappa shape index (κ2) is 15.7. The van der Waals surface area contributed by atoms with Crippen molar-refractivity contribution in [1.82, 2.24) is 0 Å². The highest BCUT2D eigenvalue weighted by molar-refractivity contribution is 5.99. The van der Waals surface area contributed by atoms with Gasteiger partial charge in [0.2, 0.25) is 20.4 Å². The number of phenolic OH excluding ortho intramolecular Hbond substituents is 2. The van der Waals surface area contributed by atoms with Crippen LogP contribution >= 0.6 is 0 Å². The molecule has 0 fully saturated rings. The fourth-order valence-corrected chi connectivity index (χ4v) is 5.62. The minimum atomic E-state index is -1.90. The maximum atomic E-state index is 13.6. The van der Waals surface area contributed by atoms with Crippen LogP contribution in [0.15, 0.2) is 42.5 Å². The number of carbonyl (C=O) groups is 7. The minimum absolute atomic E-state index is 0.0131. The van der Waals surface area contributed by atoms with Gasteiger partial charge in [-0.05, 0) is 54.3 Å². The van der Waals surface area contributed by atoms with Gasteiger partial charge in [-0.1, -0.05) is 0 Å². The van der Waals surface area contributed by atoms with E-state index in [-0.39, 0.29) is 87.6 Å². The lowest BCUT2D eigenvalue weighted by molar-refractivity contribution is -0.167. The number of aromatic hydroxyl groups is 2. The van der Waals surface area contributed by atoms with Crippen LogP contribution in [0.25, 0.3) is 0 Å². The van der Waals surface area contributed by atoms with Crippen molar-refractivity contribution in [2.24, 2.45) is 0 Å². The summed E-state index contributed by atoms with van der Waals surface area (Å²) >= 11 is 0. The molecule has 0 bridgehead atoms. The van der Waals surface area contributed by atoms with Crippen molar-refractivity contribution in [2.45, 2.75) is 52.1 Å². The molecule has 17 nitrogen and oxygen atoms in total. The Hall–Kier alpha value is -6.65. The van der Waals surface area contributed by atoms with Gasteiger partial charge in [-0.15, -0.1) is 0 Å². The van der Waals surface area contributed by atoms with Crippen LogP contribution in [0.3, 0.4) is 0 Å². The molecule has 0 unspecified atom stereocenters. The Kier molecular flexibility index (Phi) is 11.1. The minimum Gasteiger partial charge on any atom is -0.508 e. The average Bonchev–Trinajstić information content (AvgIpc) is 3.37. The fourth-order valence-electron chi connectivity index (χ4n) is 5.62. The SMILES string of the molecule is CC(=O)OCOC(=O)CCc1cc2c(cc1O)Oc1cc(O)c(CCC(=O)OCOC(C)=O)cc1C21OC(=O)c2ccc(C(=O)OCOC(C)=O)cc21. The summed E-state index contributed by atoms with van der Waals surface area (Å²) in [6, 6.07) is 9.33. The second-order valence-electron chi connectivity index (χ2n) is 11.6. The van der Waals surface area contributed by atoms with Gasteiger partial charge in [-0.3, -0.25) is 24.0 Å². The maximum Gasteiger partial charge on any atom is 0.341 e. The summed E-state index contributed by atoms with van der Waals surface area (Å²) in [5.41, 5.74) is -1.11. The molecule has 5 rings (SSSR count). The number of rotatable bonds is 13. The third kappa shape index (κ3) is 8.30. The van der Waals surface area contributed by atoms with E-state index in [1.54, 1.807) is 0 Å². The molecule has 53 heavy (non-hydrogen) atoms. The van der Waals surface area contributed by atoms with Gasteiger partial charge in [-0.25, -0.2) is 9.59 Å². The van der Waals surface area contributed by atoms with Crippen molar-refractivity contribution in [3.8, 4) is 23.0 Å². The molecule has 1 spiro atoms. The predicted octanol–water partition coefficient (Wildman–Crippen LogP) is 3.34. The lowest BCUT2D eigenvalue weighted by atomic mass is 9.76. The zero-order valence-electron chi connectivity index (χ0n) is 28.5. The van der Waals surface area contributed by atoms with E-state index in [0.717, 1.165) is 20.8 Å². The normalized spacial score (nSPS) is 12.9. The van der Waals surface area contributed by atoms with Gasteiger partial charge in [0.1, 0.15) is 23.0 Å². The van der Waals surface area contributed by atoms with Crippen molar-refractivity contribution < 1.29 is 81.7 Å². The Morgan fingerprint density at radius 2 is 1.09 bits per heavy atom. The lowest BCUT2D eigenvalue weighted by Crippen LogP contribution is -2.33. The van der Waals surface area contributed by atoms with Gasteiger partial charge < -0.3 is 48.1 Å². The van der Waals surface area contributed by atoms with E-state index in [0.29, 0.717) is 0 Å². The smallest absolute Gasteiger partial charge is 0.341 e. The average molecular weight is 737 g/mol. The standard InChI is InChI=1S/C36H32O17/c1-18(37)46-15-49-32(42)8-5-21-10-26-30(13-28(21)40)52-31-14-29(41)22(6-9-33(43)50-16-47-19(2)38)11-27(31)36(26)25-12-23(4-7-24(25)35(45)53-36)34(44)51-17-48-20(3)39/h4,7,10-14,40-41H,5-6,8-9,15-17H2,1-3H3. The summed E-state index contributed by atoms with van der Waals surface area (Å²) in [5, 5.41) is 22.0. The number of hydrogen-bond acceptors (Lipinski definition) is 17. The van der Waals surface area contributed by atoms with E-state index in [4.69, 9.17) is 28.4 Å². The molecule has 0 amide bonds. The fraction of sp³-hybridized carbons (Fsp3) is 0.306. The van der Waals surface area contributed by atoms with Gasteiger partial charge >= 0.3 is 41.8 Å². The maximum absolute atomic E-state index is 13.6. The van der Waals surface area contributed by atoms with E-state index in [2.05, 4.69) is 9.47 Å². The highest BCUT2D eigenvalue weighted by Gasteiger charge is 2.54. The van der Waals surface area contributed by atoms with Gasteiger partial charge in [0.25, 0.3) is 0 Å². The Labute approximate surface area is 300 Å². The zero-order valence-corrected chi connectivity index (χ0v) is 28.5. The highest BCUT2D eigenvalue weighted by Crippen LogP contribution is 2.58. The number of fused-ring (bicyclic) bond motifs is 6. The Balaban J connectivity index is 1.58. The number of benzene rings is 3. The summed E-state index contributed by atoms with van der Waals surface area (Å²) in [7, 11) is 0. The van der Waals surface area contributed by atoms with E-state index in [1.165, 1.54) is 42.5 Å². The van der Waals surface area contributed by atoms with Crippen LogP contribution in [0.5, 0.6) is 23.0 Å². The van der Waals surface area contributed by atoms with Gasteiger partial charge in [-0.2, -0.15) is 0 Å². The largest absolute Gasteiger partial charge is 0.508 e. The highest BCUT2D eigenvalue weighted by atomic mass is 16.7. The molecule has 0 radical (unpaired) electrons. The first kappa shape index (κ1) is 37.6. The Morgan fingerprint density at radius 3 is 1.57 bits per heavy atom. The summed E-state index contributed by atoms with van der Waals surface area (Å²) in [6.07, 6.45) is -0.724. The summed E-state index contributed by atoms with van der Waals surface area (Å²) in [6.45, 7) is 1.54. The third-order valence-corrected chi connectivity index (χ3v) is 8.05. The van der Waals surface area contributed by atoms with E-state index < -0.39 is 67.8 Å². The summed E-state index contributed by atoms with van der Waals surface area (Å²) < 4.78 is 41.1. The van der Waals surface area contributed by atoms with Gasteiger partial charge in [0.15, 0.2) is 5.60 Å². The monoisotopic (exact) mass is 736 g/mol. The molecule has 0 aromatic heterocycles. The first-order valence-corrected chi connectivity index (χ1v) is 15.9. The van der Waals surface area contributed by atoms with Crippen LogP contribution in [0.2, 0.25) is 0 Å². The molecule has 3 aromatic carbocycles. The van der Waals surface area contributed by atoms with E-state index >= 15 is 0 Å². The molecule has 2 heterocycles. The van der Waals surface area contributed by atoms with Crippen LogP contribution in [0.1, 0.15) is 82.1 Å². The first-order chi connectivity index (χ1) is 25.2. The number of ether oxygens (including phenoxy) is 8. The second-order valence-corrected chi connectivity index (χ2v) is 11.6. The quantitative estimate of drug-likeness (QED) is 0.145. The molecule has 3 aromatic rings. The zero-order chi connectivity index (χ0) is 38.4. The first-order valence-electron chi connectivity index (χ1n) is 15.9. The van der Waals surface area contributed by atoms with Crippen molar-refractivity contribution in [3.63, 3.8) is 0 Å². The molecule has 17 heteroatoms. The molecular formula is C36H32O17. The van der Waals surface area contributed by atoms with E-state index in [1.807, 2.05) is 0 Å². The van der Waals surface area contributed by atoms with Crippen LogP contribution in [-0.2, 0) is 75.6 Å². The predicted molar refractivity (Wildman–Crippen MR) is 172 cm³/mol. The van der Waals surface area contributed by atoms with Crippen molar-refractivity contribution in [1.29, 1.82) is 0 Å². The molecule has 0 atom stereocenters. The molecule has 2 N–H and O–H groups in total. The van der Waals surface area contributed by atoms with Gasteiger partial charge in [0, 0.05) is 62.4 Å². The lowest BCUT2D eigenvalue weighted by Gasteiger charge is -2.37. The number of phenols is 2. The Bertz CT molecular complexity index is 1920. The number of carbonyl (C=O) groups excluding carboxylic acids is 7. The Morgan fingerprint density at radius 1 is 0.623 bits per heavy atom. The summed E-state index contributed by atoms with van der Waals surface area (Å²) in [5.74, 6) is -5.86. The molecule has 0 saturated carbocycles. The molecule has 2 aliphatic heterocycles. The third-order valence-electron chi connectivity index (χ3n) is 8.05. The van der Waals surface area contributed by atoms with Crippen molar-refractivity contribution in [3.05, 3.63) is 81.4 Å². The number of aryl methyl sites for hydroxylation is 2. The van der Waals surface area contributed by atoms with Crippen LogP contribution in [0.4, 0.5) is 0 Å². The van der Waals surface area contributed by atoms with Crippen molar-refractivity contribution in [2.75, 3.05) is 20.4 Å². The molecular weight excluding hydrogens is 704 g/mol.